The van der Waals surface area contributed by atoms with Gasteiger partial charge in [0.05, 0.1) is 25.2 Å². The van der Waals surface area contributed by atoms with Gasteiger partial charge in [0.25, 0.3) is 0 Å². The van der Waals surface area contributed by atoms with Crippen LogP contribution < -0.4 is 10.6 Å². The third kappa shape index (κ3) is 7.63. The van der Waals surface area contributed by atoms with Crippen molar-refractivity contribution in [2.45, 2.75) is 45.3 Å². The van der Waals surface area contributed by atoms with Crippen molar-refractivity contribution in [2.24, 2.45) is 0 Å². The summed E-state index contributed by atoms with van der Waals surface area (Å²) in [5, 5.41) is 6.13. The smallest absolute Gasteiger partial charge is 0.222 e. The van der Waals surface area contributed by atoms with Crippen LogP contribution in [0, 0.1) is 0 Å². The van der Waals surface area contributed by atoms with Gasteiger partial charge in [-0.25, -0.2) is 0 Å². The van der Waals surface area contributed by atoms with E-state index in [9.17, 15) is 4.79 Å². The Morgan fingerprint density at radius 2 is 2.33 bits per heavy atom. The maximum atomic E-state index is 11.6. The molecule has 0 saturated carbocycles. The van der Waals surface area contributed by atoms with Crippen molar-refractivity contribution in [1.29, 1.82) is 0 Å². The number of rotatable bonds is 8. The summed E-state index contributed by atoms with van der Waals surface area (Å²) in [5.41, 5.74) is 0. The molecule has 2 N–H and O–H groups in total. The Morgan fingerprint density at radius 3 is 3.00 bits per heavy atom. The van der Waals surface area contributed by atoms with Crippen LogP contribution in [0.4, 0.5) is 0 Å². The lowest BCUT2D eigenvalue weighted by Gasteiger charge is -2.23. The number of morpholine rings is 1. The summed E-state index contributed by atoms with van der Waals surface area (Å²) >= 11 is 0. The first-order valence-electron chi connectivity index (χ1n) is 6.89. The molecule has 1 aliphatic heterocycles. The number of hydrogen-bond acceptors (Lipinski definition) is 4. The molecule has 1 heterocycles. The third-order valence-corrected chi connectivity index (χ3v) is 2.76. The molecular formula is C13H26N2O3. The van der Waals surface area contributed by atoms with Gasteiger partial charge in [0, 0.05) is 26.2 Å². The van der Waals surface area contributed by atoms with Crippen molar-refractivity contribution in [3.05, 3.63) is 0 Å². The lowest BCUT2D eigenvalue weighted by molar-refractivity contribution is -0.124. The van der Waals surface area contributed by atoms with Crippen LogP contribution in [-0.2, 0) is 14.3 Å². The zero-order valence-electron chi connectivity index (χ0n) is 11.5. The first-order valence-corrected chi connectivity index (χ1v) is 6.89. The highest BCUT2D eigenvalue weighted by atomic mass is 16.5. The average Bonchev–Trinajstić information content (AvgIpc) is 2.34. The van der Waals surface area contributed by atoms with Crippen LogP contribution in [-0.4, -0.2) is 51.0 Å². The zero-order chi connectivity index (χ0) is 13.2. The van der Waals surface area contributed by atoms with E-state index in [0.29, 0.717) is 13.0 Å². The van der Waals surface area contributed by atoms with Gasteiger partial charge < -0.3 is 20.1 Å². The van der Waals surface area contributed by atoms with Crippen molar-refractivity contribution in [3.63, 3.8) is 0 Å². The predicted molar refractivity (Wildman–Crippen MR) is 70.6 cm³/mol. The predicted octanol–water partition coefficient (Wildman–Crippen LogP) is 0.686. The maximum absolute atomic E-state index is 11.6. The molecule has 0 spiro atoms. The number of amides is 1. The van der Waals surface area contributed by atoms with Crippen molar-refractivity contribution >= 4 is 5.91 Å². The quantitative estimate of drug-likeness (QED) is 0.629. The van der Waals surface area contributed by atoms with Gasteiger partial charge in [0.2, 0.25) is 5.91 Å². The van der Waals surface area contributed by atoms with E-state index in [4.69, 9.17) is 9.47 Å². The molecule has 0 aliphatic carbocycles. The highest BCUT2D eigenvalue weighted by Gasteiger charge is 2.16. The van der Waals surface area contributed by atoms with Crippen LogP contribution >= 0.6 is 0 Å². The second-order valence-corrected chi connectivity index (χ2v) is 4.88. The summed E-state index contributed by atoms with van der Waals surface area (Å²) < 4.78 is 10.9. The second kappa shape index (κ2) is 9.30. The number of ether oxygens (including phenoxy) is 2. The number of nitrogens with one attached hydrogen (secondary N) is 2. The molecular weight excluding hydrogens is 232 g/mol. The molecule has 0 radical (unpaired) electrons. The largest absolute Gasteiger partial charge is 0.379 e. The maximum Gasteiger partial charge on any atom is 0.222 e. The van der Waals surface area contributed by atoms with Gasteiger partial charge in [0.1, 0.15) is 0 Å². The first-order chi connectivity index (χ1) is 8.68. The topological polar surface area (TPSA) is 59.6 Å². The Kier molecular flexibility index (Phi) is 7.96. The van der Waals surface area contributed by atoms with Gasteiger partial charge in [-0.15, -0.1) is 0 Å². The molecule has 0 aromatic rings. The Balaban J connectivity index is 1.93. The third-order valence-electron chi connectivity index (χ3n) is 2.76. The summed E-state index contributed by atoms with van der Waals surface area (Å²) in [6, 6.07) is 0. The number of hydrogen-bond donors (Lipinski definition) is 2. The Labute approximate surface area is 110 Å². The first kappa shape index (κ1) is 15.4. The highest BCUT2D eigenvalue weighted by Crippen LogP contribution is 2.01. The summed E-state index contributed by atoms with van der Waals surface area (Å²) in [4.78, 5) is 11.6. The van der Waals surface area contributed by atoms with Gasteiger partial charge in [0.15, 0.2) is 0 Å². The fraction of sp³-hybridized carbons (Fsp3) is 0.923. The van der Waals surface area contributed by atoms with Gasteiger partial charge in [-0.3, -0.25) is 4.79 Å². The van der Waals surface area contributed by atoms with Gasteiger partial charge in [-0.05, 0) is 26.7 Å². The molecule has 1 fully saturated rings. The minimum atomic E-state index is 0.0306. The molecule has 18 heavy (non-hydrogen) atoms. The van der Waals surface area contributed by atoms with E-state index >= 15 is 0 Å². The number of carbonyl (C=O) groups excluding carboxylic acids is 1. The van der Waals surface area contributed by atoms with E-state index in [1.807, 2.05) is 13.8 Å². The monoisotopic (exact) mass is 258 g/mol. The van der Waals surface area contributed by atoms with E-state index < -0.39 is 0 Å². The lowest BCUT2D eigenvalue weighted by Crippen LogP contribution is -2.41. The number of carbonyl (C=O) groups is 1. The minimum Gasteiger partial charge on any atom is -0.379 e. The molecule has 0 bridgehead atoms. The second-order valence-electron chi connectivity index (χ2n) is 4.88. The van der Waals surface area contributed by atoms with E-state index in [0.717, 1.165) is 39.1 Å². The van der Waals surface area contributed by atoms with Gasteiger partial charge >= 0.3 is 0 Å². The van der Waals surface area contributed by atoms with Crippen LogP contribution in [0.5, 0.6) is 0 Å². The lowest BCUT2D eigenvalue weighted by atomic mass is 10.2. The summed E-state index contributed by atoms with van der Waals surface area (Å²) in [7, 11) is 0. The van der Waals surface area contributed by atoms with E-state index in [1.54, 1.807) is 0 Å². The summed E-state index contributed by atoms with van der Waals surface area (Å²) in [6.07, 6.45) is 2.72. The SMILES string of the molecule is CC(C)OCCCCNC(=O)CC1CNCCO1. The van der Waals surface area contributed by atoms with Crippen molar-refractivity contribution in [2.75, 3.05) is 32.8 Å². The van der Waals surface area contributed by atoms with Crippen molar-refractivity contribution in [3.8, 4) is 0 Å². The van der Waals surface area contributed by atoms with E-state index in [2.05, 4.69) is 10.6 Å². The normalized spacial score (nSPS) is 20.1. The average molecular weight is 258 g/mol. The minimum absolute atomic E-state index is 0.0306. The standard InChI is InChI=1S/C13H26N2O3/c1-11(2)17-7-4-3-5-15-13(16)9-12-10-14-6-8-18-12/h11-12,14H,3-10H2,1-2H3,(H,15,16). The fourth-order valence-corrected chi connectivity index (χ4v) is 1.80. The van der Waals surface area contributed by atoms with Crippen LogP contribution in [0.2, 0.25) is 0 Å². The van der Waals surface area contributed by atoms with E-state index in [1.165, 1.54) is 0 Å². The van der Waals surface area contributed by atoms with E-state index in [-0.39, 0.29) is 18.1 Å². The molecule has 5 heteroatoms. The molecule has 1 atom stereocenters. The summed E-state index contributed by atoms with van der Waals surface area (Å²) in [6.45, 7) is 7.90. The summed E-state index contributed by atoms with van der Waals surface area (Å²) in [5.74, 6) is 0.0773. The zero-order valence-corrected chi connectivity index (χ0v) is 11.5. The molecule has 1 rings (SSSR count). The molecule has 1 amide bonds. The molecule has 1 unspecified atom stereocenters. The van der Waals surface area contributed by atoms with Gasteiger partial charge in [-0.1, -0.05) is 0 Å². The molecule has 0 aromatic heterocycles. The Bertz CT molecular complexity index is 228. The van der Waals surface area contributed by atoms with Crippen LogP contribution in [0.1, 0.15) is 33.1 Å². The Hall–Kier alpha value is -0.650. The molecule has 1 saturated heterocycles. The van der Waals surface area contributed by atoms with Crippen LogP contribution in [0.3, 0.4) is 0 Å². The molecule has 1 aliphatic rings. The van der Waals surface area contributed by atoms with Crippen molar-refractivity contribution in [1.82, 2.24) is 10.6 Å². The van der Waals surface area contributed by atoms with Crippen LogP contribution in [0.25, 0.3) is 0 Å². The number of unbranched alkanes of at least 4 members (excludes halogenated alkanes) is 1. The molecule has 106 valence electrons. The highest BCUT2D eigenvalue weighted by molar-refractivity contribution is 5.76. The van der Waals surface area contributed by atoms with Crippen LogP contribution in [0.15, 0.2) is 0 Å². The molecule has 0 aromatic carbocycles. The van der Waals surface area contributed by atoms with Gasteiger partial charge in [-0.2, -0.15) is 0 Å². The Morgan fingerprint density at radius 1 is 1.50 bits per heavy atom. The molecule has 5 nitrogen and oxygen atoms in total. The van der Waals surface area contributed by atoms with Crippen molar-refractivity contribution < 1.29 is 14.3 Å². The fourth-order valence-electron chi connectivity index (χ4n) is 1.80.